The van der Waals surface area contributed by atoms with E-state index < -0.39 is 24.1 Å². The average Bonchev–Trinajstić information content (AvgIpc) is 3.53. The van der Waals surface area contributed by atoms with Crippen molar-refractivity contribution in [1.82, 2.24) is 20.4 Å². The van der Waals surface area contributed by atoms with Crippen molar-refractivity contribution in [3.05, 3.63) is 66.2 Å². The maximum Gasteiger partial charge on any atom is 0.410 e. The number of ether oxygens (including phenoxy) is 2. The Bertz CT molecular complexity index is 1100. The zero-order valence-electron chi connectivity index (χ0n) is 22.5. The summed E-state index contributed by atoms with van der Waals surface area (Å²) in [5.74, 6) is 0.0844. The van der Waals surface area contributed by atoms with E-state index in [9.17, 15) is 14.4 Å². The molecule has 3 amide bonds. The van der Waals surface area contributed by atoms with Gasteiger partial charge >= 0.3 is 6.09 Å². The number of hydrogen-bond donors (Lipinski definition) is 2. The Balaban J connectivity index is 1.37. The van der Waals surface area contributed by atoms with Gasteiger partial charge in [0, 0.05) is 26.2 Å². The number of rotatable bonds is 9. The fraction of sp³-hybridized carbons (Fsp3) is 0.483. The topological polar surface area (TPSA) is 100 Å². The summed E-state index contributed by atoms with van der Waals surface area (Å²) in [5.41, 5.74) is 0.858. The minimum absolute atomic E-state index is 0.114. The molecular weight excluding hydrogens is 484 g/mol. The van der Waals surface area contributed by atoms with Gasteiger partial charge in [-0.1, -0.05) is 62.4 Å². The highest BCUT2D eigenvalue weighted by Gasteiger charge is 2.49. The van der Waals surface area contributed by atoms with E-state index in [1.807, 2.05) is 79.4 Å². The summed E-state index contributed by atoms with van der Waals surface area (Å²) in [7, 11) is 1.52. The fourth-order valence-corrected chi connectivity index (χ4v) is 5.05. The predicted octanol–water partition coefficient (Wildman–Crippen LogP) is 2.80. The van der Waals surface area contributed by atoms with Crippen molar-refractivity contribution >= 4 is 17.9 Å². The van der Waals surface area contributed by atoms with Crippen molar-refractivity contribution in [2.45, 2.75) is 64.1 Å². The molecule has 2 aromatic carbocycles. The van der Waals surface area contributed by atoms with E-state index in [1.165, 1.54) is 11.9 Å². The van der Waals surface area contributed by atoms with E-state index >= 15 is 0 Å². The lowest BCUT2D eigenvalue weighted by atomic mass is 10.0. The molecule has 2 fully saturated rings. The highest BCUT2D eigenvalue weighted by atomic mass is 16.6. The average molecular weight is 523 g/mol. The van der Waals surface area contributed by atoms with Gasteiger partial charge in [0.25, 0.3) is 0 Å². The number of hydrogen-bond acceptors (Lipinski definition) is 6. The maximum absolute atomic E-state index is 13.8. The van der Waals surface area contributed by atoms with Crippen LogP contribution in [0.3, 0.4) is 0 Å². The number of likely N-dealkylation sites (N-methyl/N-ethyl adjacent to an activating group) is 1. The second-order valence-corrected chi connectivity index (χ2v) is 10.4. The monoisotopic (exact) mass is 522 g/mol. The van der Waals surface area contributed by atoms with Gasteiger partial charge in [0.05, 0.1) is 6.04 Å². The van der Waals surface area contributed by atoms with E-state index in [-0.39, 0.29) is 36.6 Å². The highest BCUT2D eigenvalue weighted by molar-refractivity contribution is 5.91. The molecule has 4 rings (SSSR count). The Morgan fingerprint density at radius 2 is 1.71 bits per heavy atom. The van der Waals surface area contributed by atoms with Crippen LogP contribution in [0.5, 0.6) is 5.75 Å². The first-order chi connectivity index (χ1) is 18.3. The molecule has 2 aliphatic rings. The van der Waals surface area contributed by atoms with Crippen LogP contribution in [-0.2, 0) is 20.9 Å². The third kappa shape index (κ3) is 6.27. The molecule has 0 saturated carbocycles. The number of nitrogens with one attached hydrogen (secondary N) is 2. The van der Waals surface area contributed by atoms with Gasteiger partial charge in [0.2, 0.25) is 11.8 Å². The number of amides is 3. The Morgan fingerprint density at radius 1 is 1.05 bits per heavy atom. The quantitative estimate of drug-likeness (QED) is 0.526. The van der Waals surface area contributed by atoms with Gasteiger partial charge in [0.1, 0.15) is 30.5 Å². The summed E-state index contributed by atoms with van der Waals surface area (Å²) in [6.07, 6.45) is 0.0435. The first-order valence-corrected chi connectivity index (χ1v) is 13.3. The molecule has 0 radical (unpaired) electrons. The second kappa shape index (κ2) is 12.3. The van der Waals surface area contributed by atoms with E-state index in [1.54, 1.807) is 6.92 Å². The van der Waals surface area contributed by atoms with Crippen molar-refractivity contribution in [2.75, 3.05) is 20.1 Å². The number of benzene rings is 2. The molecule has 2 N–H and O–H groups in total. The van der Waals surface area contributed by atoms with Crippen molar-refractivity contribution < 1.29 is 23.9 Å². The van der Waals surface area contributed by atoms with Crippen LogP contribution in [0.1, 0.15) is 32.8 Å². The molecule has 0 spiro atoms. The van der Waals surface area contributed by atoms with Crippen LogP contribution in [-0.4, -0.2) is 78.1 Å². The van der Waals surface area contributed by atoms with Crippen molar-refractivity contribution in [3.63, 3.8) is 0 Å². The lowest BCUT2D eigenvalue weighted by Gasteiger charge is -2.34. The molecule has 9 heteroatoms. The molecule has 0 aromatic heterocycles. The van der Waals surface area contributed by atoms with Crippen LogP contribution in [0.15, 0.2) is 60.7 Å². The van der Waals surface area contributed by atoms with Crippen molar-refractivity contribution in [2.24, 2.45) is 5.92 Å². The zero-order valence-corrected chi connectivity index (χ0v) is 22.5. The highest BCUT2D eigenvalue weighted by Crippen LogP contribution is 2.29. The molecule has 2 heterocycles. The normalized spacial score (nSPS) is 21.9. The second-order valence-electron chi connectivity index (χ2n) is 10.4. The van der Waals surface area contributed by atoms with Gasteiger partial charge in [-0.15, -0.1) is 0 Å². The van der Waals surface area contributed by atoms with Crippen LogP contribution in [0.4, 0.5) is 4.79 Å². The lowest BCUT2D eigenvalue weighted by Crippen LogP contribution is -2.58. The molecule has 0 bridgehead atoms. The SMILES string of the molecule is CC(C)C(NC(=O)[C@H](C)N(C)C(=O)OCc1ccccc1)C(=O)N1CC[C@H]2NC[C@H](Oc3ccccc3)[C@H]21. The molecule has 2 aliphatic heterocycles. The molecular formula is C29H38N4O5. The van der Waals surface area contributed by atoms with Crippen LogP contribution >= 0.6 is 0 Å². The Hall–Kier alpha value is -3.59. The van der Waals surface area contributed by atoms with Gasteiger partial charge < -0.3 is 25.0 Å². The number of carbonyl (C=O) groups is 3. The lowest BCUT2D eigenvalue weighted by molar-refractivity contribution is -0.140. The van der Waals surface area contributed by atoms with E-state index in [0.29, 0.717) is 13.1 Å². The third-order valence-electron chi connectivity index (χ3n) is 7.41. The molecule has 9 nitrogen and oxygen atoms in total. The number of para-hydroxylation sites is 1. The van der Waals surface area contributed by atoms with Crippen LogP contribution < -0.4 is 15.4 Å². The Kier molecular flexibility index (Phi) is 8.89. The van der Waals surface area contributed by atoms with Gasteiger partial charge in [-0.3, -0.25) is 14.5 Å². The van der Waals surface area contributed by atoms with Crippen LogP contribution in [0, 0.1) is 5.92 Å². The summed E-state index contributed by atoms with van der Waals surface area (Å²) in [5, 5.41) is 6.39. The summed E-state index contributed by atoms with van der Waals surface area (Å²) in [4.78, 5) is 42.6. The first-order valence-electron chi connectivity index (χ1n) is 13.3. The first kappa shape index (κ1) is 27.4. The van der Waals surface area contributed by atoms with Gasteiger partial charge in [-0.2, -0.15) is 0 Å². The number of nitrogens with zero attached hydrogens (tertiary/aromatic N) is 2. The third-order valence-corrected chi connectivity index (χ3v) is 7.41. The minimum atomic E-state index is -0.819. The summed E-state index contributed by atoms with van der Waals surface area (Å²) < 4.78 is 11.6. The standard InChI is InChI=1S/C29H38N4O5/c1-19(2)25(31-27(34)20(3)32(4)29(36)37-18-21-11-7-5-8-12-21)28(35)33-16-15-23-26(33)24(17-30-23)38-22-13-9-6-10-14-22/h5-14,19-20,23-26,30H,15-18H2,1-4H3,(H,31,34)/t20-,23+,24-,25?,26-/m0/s1. The predicted molar refractivity (Wildman–Crippen MR) is 143 cm³/mol. The fourth-order valence-electron chi connectivity index (χ4n) is 5.05. The molecule has 38 heavy (non-hydrogen) atoms. The number of carbonyl (C=O) groups excluding carboxylic acids is 3. The Labute approximate surface area is 224 Å². The van der Waals surface area contributed by atoms with Gasteiger partial charge in [-0.25, -0.2) is 4.79 Å². The summed E-state index contributed by atoms with van der Waals surface area (Å²) in [6.45, 7) is 6.80. The number of likely N-dealkylation sites (tertiary alicyclic amines) is 1. The Morgan fingerprint density at radius 3 is 2.37 bits per heavy atom. The molecule has 204 valence electrons. The van der Waals surface area contributed by atoms with E-state index in [2.05, 4.69) is 10.6 Å². The molecule has 1 unspecified atom stereocenters. The van der Waals surface area contributed by atoms with Gasteiger partial charge in [0.15, 0.2) is 0 Å². The van der Waals surface area contributed by atoms with Crippen molar-refractivity contribution in [3.8, 4) is 5.75 Å². The molecule has 0 aliphatic carbocycles. The smallest absolute Gasteiger partial charge is 0.410 e. The van der Waals surface area contributed by atoms with Crippen LogP contribution in [0.2, 0.25) is 0 Å². The molecule has 5 atom stereocenters. The van der Waals surface area contributed by atoms with Gasteiger partial charge in [-0.05, 0) is 37.0 Å². The number of fused-ring (bicyclic) bond motifs is 1. The minimum Gasteiger partial charge on any atom is -0.487 e. The zero-order chi connectivity index (χ0) is 27.2. The molecule has 2 aromatic rings. The largest absolute Gasteiger partial charge is 0.487 e. The summed E-state index contributed by atoms with van der Waals surface area (Å²) in [6, 6.07) is 17.4. The summed E-state index contributed by atoms with van der Waals surface area (Å²) >= 11 is 0. The maximum atomic E-state index is 13.8. The van der Waals surface area contributed by atoms with Crippen molar-refractivity contribution in [1.29, 1.82) is 0 Å². The van der Waals surface area contributed by atoms with E-state index in [4.69, 9.17) is 9.47 Å². The molecule has 2 saturated heterocycles. The van der Waals surface area contributed by atoms with E-state index in [0.717, 1.165) is 17.7 Å². The van der Waals surface area contributed by atoms with Crippen LogP contribution in [0.25, 0.3) is 0 Å².